The number of amides is 1. The number of carbonyl (C=O) groups is 1. The first-order valence-corrected chi connectivity index (χ1v) is 10.6. The number of anilines is 1. The molecule has 3 heterocycles. The maximum Gasteiger partial charge on any atom is 0.242 e. The number of nitrogens with one attached hydrogen (secondary N) is 1. The molecule has 2 aliphatic rings. The minimum Gasteiger partial charge on any atom is -0.335 e. The van der Waals surface area contributed by atoms with Gasteiger partial charge >= 0.3 is 0 Å². The molecule has 1 aromatic carbocycles. The van der Waals surface area contributed by atoms with E-state index in [4.69, 9.17) is 0 Å². The molecule has 2 aliphatic heterocycles. The number of sulfonamides is 1. The Morgan fingerprint density at radius 1 is 1.37 bits per heavy atom. The van der Waals surface area contributed by atoms with Gasteiger partial charge in [0.2, 0.25) is 15.9 Å². The van der Waals surface area contributed by atoms with Crippen molar-refractivity contribution in [2.45, 2.75) is 43.5 Å². The highest BCUT2D eigenvalue weighted by atomic mass is 32.2. The molecule has 1 N–H and O–H groups in total. The first kappa shape index (κ1) is 18.2. The van der Waals surface area contributed by atoms with Crippen molar-refractivity contribution in [2.24, 2.45) is 5.92 Å². The highest BCUT2D eigenvalue weighted by Gasteiger charge is 2.39. The molecule has 1 atom stereocenters. The molecule has 0 aliphatic carbocycles. The summed E-state index contributed by atoms with van der Waals surface area (Å²) in [4.78, 5) is 16.7. The number of rotatable bonds is 4. The molecule has 7 nitrogen and oxygen atoms in total. The minimum atomic E-state index is -3.62. The number of hydrogen-bond acceptors (Lipinski definition) is 4. The van der Waals surface area contributed by atoms with Gasteiger partial charge in [-0.2, -0.15) is 0 Å². The van der Waals surface area contributed by atoms with Gasteiger partial charge in [0, 0.05) is 44.6 Å². The third-order valence-corrected chi connectivity index (χ3v) is 7.56. The standard InChI is InChI=1S/C19H24N4O3S/c1-19(2)15-10-14(5-6-16(15)21-18(19)24)27(25,26)22(3)11-13-4-7-17-20-8-9-23(17)12-13/h5-6,8-10,13H,4,7,11-12H2,1-3H3,(H,21,24). The quantitative estimate of drug-likeness (QED) is 0.868. The van der Waals surface area contributed by atoms with Crippen LogP contribution in [0.15, 0.2) is 35.5 Å². The molecule has 1 unspecified atom stereocenters. The third-order valence-electron chi connectivity index (χ3n) is 5.74. The predicted molar refractivity (Wildman–Crippen MR) is 102 cm³/mol. The molecule has 0 spiro atoms. The molecular formula is C19H24N4O3S. The average molecular weight is 388 g/mol. The van der Waals surface area contributed by atoms with Crippen molar-refractivity contribution in [2.75, 3.05) is 18.9 Å². The zero-order valence-corrected chi connectivity index (χ0v) is 16.6. The van der Waals surface area contributed by atoms with Crippen molar-refractivity contribution in [3.63, 3.8) is 0 Å². The van der Waals surface area contributed by atoms with Crippen LogP contribution in [0.2, 0.25) is 0 Å². The fourth-order valence-corrected chi connectivity index (χ4v) is 5.21. The summed E-state index contributed by atoms with van der Waals surface area (Å²) < 4.78 is 29.7. The molecular weight excluding hydrogens is 364 g/mol. The summed E-state index contributed by atoms with van der Waals surface area (Å²) in [5.41, 5.74) is 0.676. The maximum atomic E-state index is 13.1. The Morgan fingerprint density at radius 3 is 2.93 bits per heavy atom. The van der Waals surface area contributed by atoms with Crippen LogP contribution in [0.3, 0.4) is 0 Å². The van der Waals surface area contributed by atoms with Crippen LogP contribution in [-0.2, 0) is 33.2 Å². The summed E-state index contributed by atoms with van der Waals surface area (Å²) in [6.07, 6.45) is 5.53. The van der Waals surface area contributed by atoms with Crippen molar-refractivity contribution in [1.82, 2.24) is 13.9 Å². The Labute approximate surface area is 159 Å². The molecule has 1 amide bonds. The Balaban J connectivity index is 1.55. The number of aryl methyl sites for hydroxylation is 1. The van der Waals surface area contributed by atoms with E-state index in [0.717, 1.165) is 30.8 Å². The van der Waals surface area contributed by atoms with Gasteiger partial charge in [0.1, 0.15) is 5.82 Å². The van der Waals surface area contributed by atoms with Crippen LogP contribution in [0, 0.1) is 5.92 Å². The number of benzene rings is 1. The van der Waals surface area contributed by atoms with Crippen LogP contribution >= 0.6 is 0 Å². The summed E-state index contributed by atoms with van der Waals surface area (Å²) in [5.74, 6) is 1.20. The Hall–Kier alpha value is -2.19. The molecule has 144 valence electrons. The Bertz CT molecular complexity index is 1010. The maximum absolute atomic E-state index is 13.1. The molecule has 0 radical (unpaired) electrons. The normalized spacial score (nSPS) is 21.0. The molecule has 27 heavy (non-hydrogen) atoms. The van der Waals surface area contributed by atoms with Crippen LogP contribution in [-0.4, -0.2) is 41.8 Å². The lowest BCUT2D eigenvalue weighted by Crippen LogP contribution is -2.35. The summed E-state index contributed by atoms with van der Waals surface area (Å²) in [6.45, 7) is 4.85. The molecule has 0 saturated carbocycles. The second-order valence-electron chi connectivity index (χ2n) is 7.97. The third kappa shape index (κ3) is 2.96. The van der Waals surface area contributed by atoms with E-state index in [-0.39, 0.29) is 16.7 Å². The van der Waals surface area contributed by atoms with Gasteiger partial charge < -0.3 is 9.88 Å². The van der Waals surface area contributed by atoms with E-state index >= 15 is 0 Å². The predicted octanol–water partition coefficient (Wildman–Crippen LogP) is 2.00. The van der Waals surface area contributed by atoms with Crippen LogP contribution in [0.1, 0.15) is 31.7 Å². The van der Waals surface area contributed by atoms with Crippen LogP contribution < -0.4 is 5.32 Å². The Morgan fingerprint density at radius 2 is 2.15 bits per heavy atom. The lowest BCUT2D eigenvalue weighted by Gasteiger charge is -2.28. The fourth-order valence-electron chi connectivity index (χ4n) is 3.94. The average Bonchev–Trinajstić information content (AvgIpc) is 3.17. The molecule has 8 heteroatoms. The molecule has 2 aromatic rings. The number of hydrogen-bond donors (Lipinski definition) is 1. The fraction of sp³-hybridized carbons (Fsp3) is 0.474. The molecule has 1 aromatic heterocycles. The van der Waals surface area contributed by atoms with E-state index in [2.05, 4.69) is 14.9 Å². The summed E-state index contributed by atoms with van der Waals surface area (Å²) in [5, 5.41) is 2.81. The first-order chi connectivity index (χ1) is 12.7. The number of imidazole rings is 1. The number of fused-ring (bicyclic) bond motifs is 2. The van der Waals surface area contributed by atoms with E-state index < -0.39 is 15.4 Å². The first-order valence-electron chi connectivity index (χ1n) is 9.12. The number of carbonyl (C=O) groups excluding carboxylic acids is 1. The lowest BCUT2D eigenvalue weighted by atomic mass is 9.86. The highest BCUT2D eigenvalue weighted by Crippen LogP contribution is 2.38. The van der Waals surface area contributed by atoms with Gasteiger partial charge in [0.15, 0.2) is 0 Å². The van der Waals surface area contributed by atoms with E-state index in [1.165, 1.54) is 4.31 Å². The largest absolute Gasteiger partial charge is 0.335 e. The highest BCUT2D eigenvalue weighted by molar-refractivity contribution is 7.89. The molecule has 4 rings (SSSR count). The van der Waals surface area contributed by atoms with Gasteiger partial charge in [-0.05, 0) is 49.9 Å². The topological polar surface area (TPSA) is 84.3 Å². The second kappa shape index (κ2) is 6.17. The van der Waals surface area contributed by atoms with Gasteiger partial charge in [-0.1, -0.05) is 0 Å². The number of nitrogens with zero attached hydrogens (tertiary/aromatic N) is 3. The van der Waals surface area contributed by atoms with Crippen LogP contribution in [0.5, 0.6) is 0 Å². The van der Waals surface area contributed by atoms with E-state index in [1.807, 2.05) is 6.20 Å². The smallest absolute Gasteiger partial charge is 0.242 e. The Kier molecular flexibility index (Phi) is 4.16. The second-order valence-corrected chi connectivity index (χ2v) is 10.0. The molecule has 0 saturated heterocycles. The van der Waals surface area contributed by atoms with Crippen molar-refractivity contribution in [3.8, 4) is 0 Å². The van der Waals surface area contributed by atoms with Crippen molar-refractivity contribution in [3.05, 3.63) is 42.0 Å². The van der Waals surface area contributed by atoms with E-state index in [9.17, 15) is 13.2 Å². The van der Waals surface area contributed by atoms with E-state index in [0.29, 0.717) is 12.2 Å². The van der Waals surface area contributed by atoms with Crippen LogP contribution in [0.25, 0.3) is 0 Å². The molecule has 0 bridgehead atoms. The minimum absolute atomic E-state index is 0.112. The summed E-state index contributed by atoms with van der Waals surface area (Å²) in [7, 11) is -2.00. The van der Waals surface area contributed by atoms with Crippen molar-refractivity contribution >= 4 is 21.6 Å². The van der Waals surface area contributed by atoms with Crippen molar-refractivity contribution in [1.29, 1.82) is 0 Å². The van der Waals surface area contributed by atoms with Crippen LogP contribution in [0.4, 0.5) is 5.69 Å². The lowest BCUT2D eigenvalue weighted by molar-refractivity contribution is -0.119. The van der Waals surface area contributed by atoms with Gasteiger partial charge in [-0.3, -0.25) is 4.79 Å². The number of aromatic nitrogens is 2. The van der Waals surface area contributed by atoms with Crippen molar-refractivity contribution < 1.29 is 13.2 Å². The molecule has 0 fully saturated rings. The van der Waals surface area contributed by atoms with Gasteiger partial charge in [0.25, 0.3) is 0 Å². The zero-order valence-electron chi connectivity index (χ0n) is 15.8. The summed E-state index contributed by atoms with van der Waals surface area (Å²) in [6, 6.07) is 4.89. The SMILES string of the molecule is CN(CC1CCc2nccn2C1)S(=O)(=O)c1ccc2c(c1)C(C)(C)C(=O)N2. The van der Waals surface area contributed by atoms with Gasteiger partial charge in [-0.15, -0.1) is 0 Å². The van der Waals surface area contributed by atoms with E-state index in [1.54, 1.807) is 45.3 Å². The zero-order chi connectivity index (χ0) is 19.4. The van der Waals surface area contributed by atoms with Gasteiger partial charge in [0.05, 0.1) is 10.3 Å². The monoisotopic (exact) mass is 388 g/mol. The van der Waals surface area contributed by atoms with Gasteiger partial charge in [-0.25, -0.2) is 17.7 Å². The summed E-state index contributed by atoms with van der Waals surface area (Å²) >= 11 is 0.